The molecule has 1 aromatic carbocycles. The van der Waals surface area contributed by atoms with E-state index >= 15 is 0 Å². The second-order valence-electron chi connectivity index (χ2n) is 4.62. The molecule has 1 unspecified atom stereocenters. The van der Waals surface area contributed by atoms with Crippen LogP contribution in [0.5, 0.6) is 0 Å². The SMILES string of the molecule is CCCCc1ccc(C(=O)NC(COC)C(=O)O)cc1. The van der Waals surface area contributed by atoms with Crippen molar-refractivity contribution in [1.82, 2.24) is 5.32 Å². The molecule has 2 N–H and O–H groups in total. The number of nitrogens with one attached hydrogen (secondary N) is 1. The Kier molecular flexibility index (Phi) is 6.73. The molecule has 0 aromatic heterocycles. The van der Waals surface area contributed by atoms with Crippen LogP contribution in [-0.4, -0.2) is 36.7 Å². The summed E-state index contributed by atoms with van der Waals surface area (Å²) in [5.41, 5.74) is 1.63. The van der Waals surface area contributed by atoms with Crippen molar-refractivity contribution in [2.75, 3.05) is 13.7 Å². The number of carboxylic acid groups (broad SMARTS) is 1. The zero-order valence-electron chi connectivity index (χ0n) is 11.9. The minimum atomic E-state index is -1.11. The number of methoxy groups -OCH3 is 1. The van der Waals surface area contributed by atoms with Gasteiger partial charge in [0.25, 0.3) is 5.91 Å². The van der Waals surface area contributed by atoms with Crippen LogP contribution in [-0.2, 0) is 16.0 Å². The van der Waals surface area contributed by atoms with Gasteiger partial charge in [0.15, 0.2) is 6.04 Å². The highest BCUT2D eigenvalue weighted by Crippen LogP contribution is 2.08. The molecule has 20 heavy (non-hydrogen) atoms. The molecule has 0 heterocycles. The zero-order valence-corrected chi connectivity index (χ0v) is 11.9. The van der Waals surface area contributed by atoms with Crippen molar-refractivity contribution >= 4 is 11.9 Å². The molecule has 0 aliphatic heterocycles. The van der Waals surface area contributed by atoms with Gasteiger partial charge in [0.1, 0.15) is 0 Å². The number of amides is 1. The van der Waals surface area contributed by atoms with Gasteiger partial charge in [-0.2, -0.15) is 0 Å². The van der Waals surface area contributed by atoms with Crippen LogP contribution < -0.4 is 5.32 Å². The van der Waals surface area contributed by atoms with E-state index in [9.17, 15) is 9.59 Å². The van der Waals surface area contributed by atoms with Gasteiger partial charge in [-0.25, -0.2) is 4.79 Å². The van der Waals surface area contributed by atoms with E-state index < -0.39 is 17.9 Å². The molecule has 1 atom stereocenters. The molecule has 0 saturated heterocycles. The maximum Gasteiger partial charge on any atom is 0.328 e. The summed E-state index contributed by atoms with van der Waals surface area (Å²) in [5.74, 6) is -1.52. The highest BCUT2D eigenvalue weighted by molar-refractivity contribution is 5.96. The third kappa shape index (κ3) is 5.01. The van der Waals surface area contributed by atoms with E-state index in [0.29, 0.717) is 5.56 Å². The lowest BCUT2D eigenvalue weighted by Crippen LogP contribution is -2.43. The maximum atomic E-state index is 11.9. The molecule has 1 rings (SSSR count). The second kappa shape index (κ2) is 8.32. The van der Waals surface area contributed by atoms with Crippen molar-refractivity contribution in [1.29, 1.82) is 0 Å². The van der Waals surface area contributed by atoms with Gasteiger partial charge in [0.2, 0.25) is 0 Å². The summed E-state index contributed by atoms with van der Waals surface area (Å²) in [6, 6.07) is 6.19. The quantitative estimate of drug-likeness (QED) is 0.761. The first kappa shape index (κ1) is 16.2. The largest absolute Gasteiger partial charge is 0.480 e. The predicted octanol–water partition coefficient (Wildman–Crippen LogP) is 1.86. The average Bonchev–Trinajstić information content (AvgIpc) is 2.45. The first-order chi connectivity index (χ1) is 9.58. The molecule has 5 heteroatoms. The van der Waals surface area contributed by atoms with Crippen LogP contribution in [0.25, 0.3) is 0 Å². The Balaban J connectivity index is 2.64. The third-order valence-electron chi connectivity index (χ3n) is 2.97. The van der Waals surface area contributed by atoms with Crippen LogP contribution in [0.2, 0.25) is 0 Å². The fourth-order valence-electron chi connectivity index (χ4n) is 1.79. The molecule has 1 aromatic rings. The van der Waals surface area contributed by atoms with Crippen LogP contribution in [0.1, 0.15) is 35.7 Å². The summed E-state index contributed by atoms with van der Waals surface area (Å²) >= 11 is 0. The average molecular weight is 279 g/mol. The monoisotopic (exact) mass is 279 g/mol. The van der Waals surface area contributed by atoms with Gasteiger partial charge in [0, 0.05) is 12.7 Å². The number of carbonyl (C=O) groups excluding carboxylic acids is 1. The molecular formula is C15H21NO4. The van der Waals surface area contributed by atoms with E-state index in [2.05, 4.69) is 12.2 Å². The second-order valence-corrected chi connectivity index (χ2v) is 4.62. The molecule has 0 aliphatic rings. The lowest BCUT2D eigenvalue weighted by Gasteiger charge is -2.13. The van der Waals surface area contributed by atoms with Gasteiger partial charge in [-0.3, -0.25) is 4.79 Å². The van der Waals surface area contributed by atoms with Gasteiger partial charge < -0.3 is 15.2 Å². The standard InChI is InChI=1S/C15H21NO4/c1-3-4-5-11-6-8-12(9-7-11)14(17)16-13(10-20-2)15(18)19/h6-9,13H,3-5,10H2,1-2H3,(H,16,17)(H,18,19). The highest BCUT2D eigenvalue weighted by Gasteiger charge is 2.20. The molecule has 0 bridgehead atoms. The minimum absolute atomic E-state index is 0.0599. The van der Waals surface area contributed by atoms with E-state index in [1.165, 1.54) is 12.7 Å². The van der Waals surface area contributed by atoms with Crippen molar-refractivity contribution in [2.24, 2.45) is 0 Å². The number of hydrogen-bond acceptors (Lipinski definition) is 3. The van der Waals surface area contributed by atoms with Crippen LogP contribution in [0.15, 0.2) is 24.3 Å². The highest BCUT2D eigenvalue weighted by atomic mass is 16.5. The number of rotatable bonds is 8. The van der Waals surface area contributed by atoms with Crippen molar-refractivity contribution in [3.05, 3.63) is 35.4 Å². The predicted molar refractivity (Wildman–Crippen MR) is 75.8 cm³/mol. The summed E-state index contributed by atoms with van der Waals surface area (Å²) in [6.45, 7) is 2.07. The third-order valence-corrected chi connectivity index (χ3v) is 2.97. The zero-order chi connectivity index (χ0) is 15.0. The Hall–Kier alpha value is -1.88. The fourth-order valence-corrected chi connectivity index (χ4v) is 1.79. The van der Waals surface area contributed by atoms with E-state index in [4.69, 9.17) is 9.84 Å². The van der Waals surface area contributed by atoms with Gasteiger partial charge >= 0.3 is 5.97 Å². The topological polar surface area (TPSA) is 75.6 Å². The van der Waals surface area contributed by atoms with E-state index in [-0.39, 0.29) is 6.61 Å². The number of benzene rings is 1. The number of aryl methyl sites for hydroxylation is 1. The Morgan fingerprint density at radius 2 is 1.95 bits per heavy atom. The summed E-state index contributed by atoms with van der Waals surface area (Å²) < 4.78 is 4.77. The summed E-state index contributed by atoms with van der Waals surface area (Å²) in [4.78, 5) is 22.9. The Bertz CT molecular complexity index is 442. The van der Waals surface area contributed by atoms with E-state index in [0.717, 1.165) is 19.3 Å². The van der Waals surface area contributed by atoms with Crippen LogP contribution in [0.4, 0.5) is 0 Å². The summed E-state index contributed by atoms with van der Waals surface area (Å²) in [7, 11) is 1.39. The normalized spacial score (nSPS) is 11.9. The Morgan fingerprint density at radius 3 is 2.45 bits per heavy atom. The Labute approximate surface area is 118 Å². The number of aliphatic carboxylic acids is 1. The van der Waals surface area contributed by atoms with E-state index in [1.54, 1.807) is 12.1 Å². The first-order valence-electron chi connectivity index (χ1n) is 6.70. The van der Waals surface area contributed by atoms with Crippen LogP contribution in [0, 0.1) is 0 Å². The Morgan fingerprint density at radius 1 is 1.30 bits per heavy atom. The minimum Gasteiger partial charge on any atom is -0.480 e. The maximum absolute atomic E-state index is 11.9. The number of carboxylic acids is 1. The fraction of sp³-hybridized carbons (Fsp3) is 0.467. The smallest absolute Gasteiger partial charge is 0.328 e. The lowest BCUT2D eigenvalue weighted by atomic mass is 10.1. The number of unbranched alkanes of at least 4 members (excludes halogenated alkanes) is 1. The molecule has 0 spiro atoms. The molecule has 5 nitrogen and oxygen atoms in total. The molecule has 0 radical (unpaired) electrons. The van der Waals surface area contributed by atoms with Crippen molar-refractivity contribution in [3.63, 3.8) is 0 Å². The first-order valence-corrected chi connectivity index (χ1v) is 6.70. The molecule has 0 fully saturated rings. The summed E-state index contributed by atoms with van der Waals surface area (Å²) in [5, 5.41) is 11.4. The van der Waals surface area contributed by atoms with Crippen LogP contribution >= 0.6 is 0 Å². The van der Waals surface area contributed by atoms with Crippen LogP contribution in [0.3, 0.4) is 0 Å². The molecule has 110 valence electrons. The van der Waals surface area contributed by atoms with Crippen molar-refractivity contribution in [3.8, 4) is 0 Å². The van der Waals surface area contributed by atoms with Gasteiger partial charge in [-0.15, -0.1) is 0 Å². The van der Waals surface area contributed by atoms with Crippen molar-refractivity contribution in [2.45, 2.75) is 32.2 Å². The van der Waals surface area contributed by atoms with Gasteiger partial charge in [-0.1, -0.05) is 25.5 Å². The summed E-state index contributed by atoms with van der Waals surface area (Å²) in [6.07, 6.45) is 3.22. The molecule has 0 aliphatic carbocycles. The van der Waals surface area contributed by atoms with Crippen molar-refractivity contribution < 1.29 is 19.4 Å². The molecule has 0 saturated carbocycles. The van der Waals surface area contributed by atoms with E-state index in [1.807, 2.05) is 12.1 Å². The number of hydrogen-bond donors (Lipinski definition) is 2. The van der Waals surface area contributed by atoms with Gasteiger partial charge in [0.05, 0.1) is 6.61 Å². The number of ether oxygens (including phenoxy) is 1. The lowest BCUT2D eigenvalue weighted by molar-refractivity contribution is -0.140. The van der Waals surface area contributed by atoms with Gasteiger partial charge in [-0.05, 0) is 30.5 Å². The molecular weight excluding hydrogens is 258 g/mol. The molecule has 1 amide bonds. The number of carbonyl (C=O) groups is 2.